The molecule has 0 saturated carbocycles. The lowest BCUT2D eigenvalue weighted by atomic mass is 9.85. The van der Waals surface area contributed by atoms with Crippen molar-refractivity contribution < 1.29 is 19.4 Å². The molecule has 2 aromatic rings. The fraction of sp³-hybridized carbons (Fsp3) is 0.417. The fourth-order valence-corrected chi connectivity index (χ4v) is 4.80. The fourth-order valence-electron chi connectivity index (χ4n) is 4.68. The molecule has 6 nitrogen and oxygen atoms in total. The zero-order chi connectivity index (χ0) is 21.8. The SMILES string of the molecule is O=CO[C@H]1CN(C(=O)c2ccc(Cl)cc2)C[C@@H]1N1CCC(O)(Cc2ccccc2)CC1. The van der Waals surface area contributed by atoms with Crippen LogP contribution in [0.1, 0.15) is 28.8 Å². The molecule has 2 heterocycles. The number of halogens is 1. The number of carbonyl (C=O) groups is 2. The van der Waals surface area contributed by atoms with E-state index >= 15 is 0 Å². The molecule has 7 heteroatoms. The van der Waals surface area contributed by atoms with Crippen molar-refractivity contribution in [3.8, 4) is 0 Å². The summed E-state index contributed by atoms with van der Waals surface area (Å²) in [5, 5.41) is 11.7. The second-order valence-corrected chi connectivity index (χ2v) is 8.91. The van der Waals surface area contributed by atoms with Crippen molar-refractivity contribution >= 4 is 24.0 Å². The number of hydrogen-bond acceptors (Lipinski definition) is 5. The summed E-state index contributed by atoms with van der Waals surface area (Å²) < 4.78 is 5.35. The minimum atomic E-state index is -0.740. The van der Waals surface area contributed by atoms with Gasteiger partial charge in [0, 0.05) is 36.6 Å². The number of likely N-dealkylation sites (tertiary alicyclic amines) is 2. The molecule has 2 atom stereocenters. The van der Waals surface area contributed by atoms with Gasteiger partial charge in [0.25, 0.3) is 12.4 Å². The van der Waals surface area contributed by atoms with Crippen molar-refractivity contribution in [2.24, 2.45) is 0 Å². The number of piperidine rings is 1. The first-order chi connectivity index (χ1) is 15.0. The maximum absolute atomic E-state index is 12.9. The molecule has 0 bridgehead atoms. The number of carbonyl (C=O) groups excluding carboxylic acids is 2. The molecule has 2 saturated heterocycles. The summed E-state index contributed by atoms with van der Waals surface area (Å²) >= 11 is 5.93. The number of aliphatic hydroxyl groups is 1. The van der Waals surface area contributed by atoms with E-state index in [4.69, 9.17) is 16.3 Å². The van der Waals surface area contributed by atoms with Crippen molar-refractivity contribution in [3.05, 3.63) is 70.7 Å². The predicted molar refractivity (Wildman–Crippen MR) is 118 cm³/mol. The van der Waals surface area contributed by atoms with Gasteiger partial charge in [-0.2, -0.15) is 0 Å². The first-order valence-corrected chi connectivity index (χ1v) is 11.0. The Hall–Kier alpha value is -2.41. The van der Waals surface area contributed by atoms with E-state index in [1.165, 1.54) is 0 Å². The van der Waals surface area contributed by atoms with Crippen molar-refractivity contribution in [2.75, 3.05) is 26.2 Å². The van der Waals surface area contributed by atoms with Gasteiger partial charge in [0.1, 0.15) is 6.10 Å². The highest BCUT2D eigenvalue weighted by molar-refractivity contribution is 6.30. The highest BCUT2D eigenvalue weighted by atomic mass is 35.5. The molecule has 2 aliphatic rings. The average molecular weight is 443 g/mol. The lowest BCUT2D eigenvalue weighted by Gasteiger charge is -2.41. The smallest absolute Gasteiger partial charge is 0.293 e. The van der Waals surface area contributed by atoms with E-state index < -0.39 is 5.60 Å². The quantitative estimate of drug-likeness (QED) is 0.696. The van der Waals surface area contributed by atoms with Crippen molar-refractivity contribution in [3.63, 3.8) is 0 Å². The molecule has 31 heavy (non-hydrogen) atoms. The molecular weight excluding hydrogens is 416 g/mol. The predicted octanol–water partition coefficient (Wildman–Crippen LogP) is 2.78. The summed E-state index contributed by atoms with van der Waals surface area (Å²) in [5.74, 6) is -0.101. The molecule has 0 unspecified atom stereocenters. The summed E-state index contributed by atoms with van der Waals surface area (Å²) in [7, 11) is 0. The zero-order valence-electron chi connectivity index (χ0n) is 17.3. The van der Waals surface area contributed by atoms with Crippen LogP contribution in [-0.4, -0.2) is 71.2 Å². The minimum Gasteiger partial charge on any atom is -0.461 e. The molecule has 1 N–H and O–H groups in total. The number of rotatable bonds is 6. The molecule has 1 amide bonds. The molecule has 0 spiro atoms. The van der Waals surface area contributed by atoms with Crippen LogP contribution in [0.5, 0.6) is 0 Å². The monoisotopic (exact) mass is 442 g/mol. The lowest BCUT2D eigenvalue weighted by Crippen LogP contribution is -2.53. The van der Waals surface area contributed by atoms with Crippen LogP contribution in [0.15, 0.2) is 54.6 Å². The third-order valence-corrected chi connectivity index (χ3v) is 6.67. The molecule has 0 aliphatic carbocycles. The van der Waals surface area contributed by atoms with Crippen LogP contribution in [0.3, 0.4) is 0 Å². The maximum atomic E-state index is 12.9. The van der Waals surface area contributed by atoms with Gasteiger partial charge in [0.2, 0.25) is 0 Å². The Kier molecular flexibility index (Phi) is 6.60. The topological polar surface area (TPSA) is 70.1 Å². The van der Waals surface area contributed by atoms with Crippen LogP contribution in [-0.2, 0) is 16.0 Å². The third-order valence-electron chi connectivity index (χ3n) is 6.42. The molecule has 2 aliphatic heterocycles. The van der Waals surface area contributed by atoms with E-state index in [9.17, 15) is 14.7 Å². The number of nitrogens with zero attached hydrogens (tertiary/aromatic N) is 2. The molecule has 0 radical (unpaired) electrons. The minimum absolute atomic E-state index is 0.0808. The Morgan fingerprint density at radius 3 is 2.42 bits per heavy atom. The van der Waals surface area contributed by atoms with Crippen LogP contribution in [0.25, 0.3) is 0 Å². The Morgan fingerprint density at radius 1 is 1.10 bits per heavy atom. The Labute approximate surface area is 187 Å². The molecular formula is C24H27ClN2O4. The first-order valence-electron chi connectivity index (χ1n) is 10.6. The summed E-state index contributed by atoms with van der Waals surface area (Å²) in [6.45, 7) is 2.68. The van der Waals surface area contributed by atoms with E-state index in [-0.39, 0.29) is 18.1 Å². The van der Waals surface area contributed by atoms with E-state index in [1.807, 2.05) is 30.3 Å². The van der Waals surface area contributed by atoms with Crippen LogP contribution >= 0.6 is 11.6 Å². The standard InChI is InChI=1S/C24H27ClN2O4/c25-20-8-6-19(7-9-20)23(29)27-15-21(22(16-27)31-17-28)26-12-10-24(30,11-13-26)14-18-4-2-1-3-5-18/h1-9,17,21-22,30H,10-16H2/t21-,22-/m0/s1. The Morgan fingerprint density at radius 2 is 1.77 bits per heavy atom. The molecule has 0 aromatic heterocycles. The number of hydrogen-bond donors (Lipinski definition) is 1. The van der Waals surface area contributed by atoms with Gasteiger partial charge >= 0.3 is 0 Å². The second kappa shape index (κ2) is 9.39. The van der Waals surface area contributed by atoms with Gasteiger partial charge in [-0.05, 0) is 42.7 Å². The second-order valence-electron chi connectivity index (χ2n) is 8.48. The van der Waals surface area contributed by atoms with Gasteiger partial charge in [0.15, 0.2) is 0 Å². The highest BCUT2D eigenvalue weighted by Crippen LogP contribution is 2.30. The molecule has 2 aromatic carbocycles. The Bertz CT molecular complexity index is 898. The number of ether oxygens (including phenoxy) is 1. The van der Waals surface area contributed by atoms with Gasteiger partial charge in [0.05, 0.1) is 18.2 Å². The zero-order valence-corrected chi connectivity index (χ0v) is 18.1. The summed E-state index contributed by atoms with van der Waals surface area (Å²) in [4.78, 5) is 28.0. The summed E-state index contributed by atoms with van der Waals surface area (Å²) in [6, 6.07) is 16.7. The van der Waals surface area contributed by atoms with Crippen LogP contribution in [0, 0.1) is 0 Å². The molecule has 4 rings (SSSR count). The first kappa shape index (κ1) is 21.8. The summed E-state index contributed by atoms with van der Waals surface area (Å²) in [6.07, 6.45) is 1.52. The van der Waals surface area contributed by atoms with Crippen LogP contribution in [0.2, 0.25) is 5.02 Å². The average Bonchev–Trinajstić information content (AvgIpc) is 3.19. The normalized spacial score (nSPS) is 23.5. The van der Waals surface area contributed by atoms with E-state index in [0.717, 1.165) is 5.56 Å². The summed E-state index contributed by atoms with van der Waals surface area (Å²) in [5.41, 5.74) is 0.947. The molecule has 2 fully saturated rings. The highest BCUT2D eigenvalue weighted by Gasteiger charge is 2.43. The van der Waals surface area contributed by atoms with Crippen molar-refractivity contribution in [2.45, 2.75) is 37.0 Å². The van der Waals surface area contributed by atoms with E-state index in [2.05, 4.69) is 4.90 Å². The van der Waals surface area contributed by atoms with E-state index in [1.54, 1.807) is 29.2 Å². The number of amides is 1. The number of benzene rings is 2. The van der Waals surface area contributed by atoms with Crippen molar-refractivity contribution in [1.82, 2.24) is 9.80 Å². The van der Waals surface area contributed by atoms with E-state index in [0.29, 0.717) is 62.5 Å². The third kappa shape index (κ3) is 5.09. The van der Waals surface area contributed by atoms with Gasteiger partial charge in [-0.3, -0.25) is 14.5 Å². The van der Waals surface area contributed by atoms with Crippen LogP contribution < -0.4 is 0 Å². The van der Waals surface area contributed by atoms with Gasteiger partial charge < -0.3 is 14.7 Å². The van der Waals surface area contributed by atoms with Gasteiger partial charge in [-0.15, -0.1) is 0 Å². The van der Waals surface area contributed by atoms with Gasteiger partial charge in [-0.25, -0.2) is 0 Å². The maximum Gasteiger partial charge on any atom is 0.293 e. The molecule has 164 valence electrons. The Balaban J connectivity index is 1.40. The van der Waals surface area contributed by atoms with Crippen molar-refractivity contribution in [1.29, 1.82) is 0 Å². The lowest BCUT2D eigenvalue weighted by molar-refractivity contribution is -0.136. The largest absolute Gasteiger partial charge is 0.461 e. The van der Waals surface area contributed by atoms with Gasteiger partial charge in [-0.1, -0.05) is 41.9 Å². The van der Waals surface area contributed by atoms with Crippen LogP contribution in [0.4, 0.5) is 0 Å².